The fraction of sp³-hybridized carbons (Fsp3) is 0.714. The van der Waals surface area contributed by atoms with Gasteiger partial charge in [0.15, 0.2) is 0 Å². The second-order valence-electron chi connectivity index (χ2n) is 5.09. The maximum atomic E-state index is 3.76. The lowest BCUT2D eigenvalue weighted by atomic mass is 9.84. The molecule has 2 atom stereocenters. The summed E-state index contributed by atoms with van der Waals surface area (Å²) >= 11 is 1.86. The first-order chi connectivity index (χ1) is 7.77. The van der Waals surface area contributed by atoms with Gasteiger partial charge >= 0.3 is 0 Å². The van der Waals surface area contributed by atoms with Gasteiger partial charge in [0.2, 0.25) is 0 Å². The fourth-order valence-corrected chi connectivity index (χ4v) is 3.53. The van der Waals surface area contributed by atoms with E-state index in [0.29, 0.717) is 12.1 Å². The third kappa shape index (κ3) is 3.08. The summed E-state index contributed by atoms with van der Waals surface area (Å²) in [5.74, 6) is 0.899. The normalized spacial score (nSPS) is 21.9. The van der Waals surface area contributed by atoms with E-state index in [4.69, 9.17) is 0 Å². The quantitative estimate of drug-likeness (QED) is 0.820. The number of hydrogen-bond acceptors (Lipinski definition) is 2. The van der Waals surface area contributed by atoms with Gasteiger partial charge in [-0.1, -0.05) is 25.3 Å². The van der Waals surface area contributed by atoms with Crippen molar-refractivity contribution in [2.75, 3.05) is 0 Å². The van der Waals surface area contributed by atoms with Crippen molar-refractivity contribution >= 4 is 11.3 Å². The summed E-state index contributed by atoms with van der Waals surface area (Å²) in [6.45, 7) is 4.64. The zero-order valence-corrected chi connectivity index (χ0v) is 11.2. The van der Waals surface area contributed by atoms with Crippen LogP contribution in [0.15, 0.2) is 17.5 Å². The lowest BCUT2D eigenvalue weighted by molar-refractivity contribution is 0.269. The van der Waals surface area contributed by atoms with Gasteiger partial charge in [-0.2, -0.15) is 0 Å². The Morgan fingerprint density at radius 3 is 2.62 bits per heavy atom. The van der Waals surface area contributed by atoms with E-state index in [-0.39, 0.29) is 0 Å². The molecule has 1 heterocycles. The van der Waals surface area contributed by atoms with Crippen LogP contribution in [0.3, 0.4) is 0 Å². The number of hydrogen-bond donors (Lipinski definition) is 1. The Morgan fingerprint density at radius 2 is 2.00 bits per heavy atom. The highest BCUT2D eigenvalue weighted by atomic mass is 32.1. The van der Waals surface area contributed by atoms with Crippen molar-refractivity contribution < 1.29 is 0 Å². The highest BCUT2D eigenvalue weighted by Crippen LogP contribution is 2.28. The van der Waals surface area contributed by atoms with Gasteiger partial charge in [-0.25, -0.2) is 0 Å². The molecule has 0 spiro atoms. The van der Waals surface area contributed by atoms with Gasteiger partial charge in [0.1, 0.15) is 0 Å². The third-order valence-electron chi connectivity index (χ3n) is 3.84. The summed E-state index contributed by atoms with van der Waals surface area (Å²) in [6.07, 6.45) is 7.16. The molecule has 1 aromatic heterocycles. The first-order valence-electron chi connectivity index (χ1n) is 6.57. The minimum absolute atomic E-state index is 0.511. The molecule has 0 bridgehead atoms. The van der Waals surface area contributed by atoms with E-state index in [2.05, 4.69) is 36.7 Å². The highest BCUT2D eigenvalue weighted by molar-refractivity contribution is 7.10. The largest absolute Gasteiger partial charge is 0.307 e. The Hall–Kier alpha value is -0.340. The van der Waals surface area contributed by atoms with Crippen molar-refractivity contribution in [1.29, 1.82) is 0 Å². The summed E-state index contributed by atoms with van der Waals surface area (Å²) in [5.41, 5.74) is 0. The average Bonchev–Trinajstić information content (AvgIpc) is 2.83. The molecule has 1 aliphatic rings. The SMILES string of the molecule is CC(N[C@H](C)C1CCCCC1)c1cccs1. The molecule has 0 aliphatic heterocycles. The van der Waals surface area contributed by atoms with Crippen LogP contribution in [0.4, 0.5) is 0 Å². The van der Waals surface area contributed by atoms with Crippen LogP contribution in [-0.2, 0) is 0 Å². The molecule has 1 unspecified atom stereocenters. The van der Waals surface area contributed by atoms with Gasteiger partial charge in [0.25, 0.3) is 0 Å². The van der Waals surface area contributed by atoms with Crippen molar-refractivity contribution in [3.05, 3.63) is 22.4 Å². The Kier molecular flexibility index (Phi) is 4.42. The van der Waals surface area contributed by atoms with E-state index in [0.717, 1.165) is 5.92 Å². The van der Waals surface area contributed by atoms with E-state index in [1.165, 1.54) is 37.0 Å². The lowest BCUT2D eigenvalue weighted by Crippen LogP contribution is -2.36. The van der Waals surface area contributed by atoms with Crippen LogP contribution in [0.5, 0.6) is 0 Å². The summed E-state index contributed by atoms with van der Waals surface area (Å²) < 4.78 is 0. The monoisotopic (exact) mass is 237 g/mol. The molecular weight excluding hydrogens is 214 g/mol. The summed E-state index contributed by atoms with van der Waals surface area (Å²) in [7, 11) is 0. The predicted molar refractivity (Wildman–Crippen MR) is 71.9 cm³/mol. The molecule has 90 valence electrons. The third-order valence-corrected chi connectivity index (χ3v) is 4.89. The van der Waals surface area contributed by atoms with Gasteiger partial charge in [0, 0.05) is 17.0 Å². The first-order valence-corrected chi connectivity index (χ1v) is 7.45. The standard InChI is InChI=1S/C14H23NS/c1-11(13-7-4-3-5-8-13)15-12(2)14-9-6-10-16-14/h6,9-13,15H,3-5,7-8H2,1-2H3/t11-,12?/m1/s1. The smallest absolute Gasteiger partial charge is 0.0388 e. The number of rotatable bonds is 4. The Morgan fingerprint density at radius 1 is 1.25 bits per heavy atom. The maximum absolute atomic E-state index is 3.76. The van der Waals surface area contributed by atoms with Crippen molar-refractivity contribution in [3.8, 4) is 0 Å². The van der Waals surface area contributed by atoms with Gasteiger partial charge in [-0.05, 0) is 44.1 Å². The lowest BCUT2D eigenvalue weighted by Gasteiger charge is -2.30. The second kappa shape index (κ2) is 5.83. The molecule has 1 aromatic rings. The Balaban J connectivity index is 1.84. The topological polar surface area (TPSA) is 12.0 Å². The van der Waals surface area contributed by atoms with Gasteiger partial charge in [0.05, 0.1) is 0 Å². The minimum atomic E-state index is 0.511. The minimum Gasteiger partial charge on any atom is -0.307 e. The van der Waals surface area contributed by atoms with Crippen LogP contribution in [0.2, 0.25) is 0 Å². The van der Waals surface area contributed by atoms with Crippen LogP contribution in [0.1, 0.15) is 56.9 Å². The fourth-order valence-electron chi connectivity index (χ4n) is 2.78. The van der Waals surface area contributed by atoms with Crippen LogP contribution >= 0.6 is 11.3 Å². The van der Waals surface area contributed by atoms with Crippen LogP contribution in [0, 0.1) is 5.92 Å². The van der Waals surface area contributed by atoms with Crippen LogP contribution in [-0.4, -0.2) is 6.04 Å². The van der Waals surface area contributed by atoms with Crippen LogP contribution < -0.4 is 5.32 Å². The van der Waals surface area contributed by atoms with E-state index < -0.39 is 0 Å². The number of thiophene rings is 1. The zero-order valence-electron chi connectivity index (χ0n) is 10.4. The van der Waals surface area contributed by atoms with Crippen molar-refractivity contribution in [1.82, 2.24) is 5.32 Å². The van der Waals surface area contributed by atoms with E-state index in [1.54, 1.807) is 0 Å². The molecule has 16 heavy (non-hydrogen) atoms. The molecule has 1 nitrogen and oxygen atoms in total. The zero-order chi connectivity index (χ0) is 11.4. The van der Waals surface area contributed by atoms with E-state index in [1.807, 2.05) is 11.3 Å². The molecular formula is C14H23NS. The number of nitrogens with one attached hydrogen (secondary N) is 1. The Bertz CT molecular complexity index is 288. The van der Waals surface area contributed by atoms with Gasteiger partial charge < -0.3 is 5.32 Å². The maximum Gasteiger partial charge on any atom is 0.0388 e. The summed E-state index contributed by atoms with van der Waals surface area (Å²) in [5, 5.41) is 5.93. The molecule has 1 saturated carbocycles. The molecule has 0 aromatic carbocycles. The van der Waals surface area contributed by atoms with Gasteiger partial charge in [-0.3, -0.25) is 0 Å². The Labute approximate surface area is 103 Å². The van der Waals surface area contributed by atoms with E-state index in [9.17, 15) is 0 Å². The molecule has 0 radical (unpaired) electrons. The van der Waals surface area contributed by atoms with Crippen molar-refractivity contribution in [2.45, 2.75) is 58.0 Å². The molecule has 0 saturated heterocycles. The highest BCUT2D eigenvalue weighted by Gasteiger charge is 2.21. The second-order valence-corrected chi connectivity index (χ2v) is 6.07. The average molecular weight is 237 g/mol. The van der Waals surface area contributed by atoms with E-state index >= 15 is 0 Å². The van der Waals surface area contributed by atoms with Crippen molar-refractivity contribution in [3.63, 3.8) is 0 Å². The van der Waals surface area contributed by atoms with Crippen LogP contribution in [0.25, 0.3) is 0 Å². The molecule has 2 heteroatoms. The van der Waals surface area contributed by atoms with Crippen molar-refractivity contribution in [2.24, 2.45) is 5.92 Å². The molecule has 1 aliphatic carbocycles. The molecule has 1 N–H and O–H groups in total. The first kappa shape index (κ1) is 12.1. The summed E-state index contributed by atoms with van der Waals surface area (Å²) in [4.78, 5) is 1.46. The van der Waals surface area contributed by atoms with Gasteiger partial charge in [-0.15, -0.1) is 11.3 Å². The molecule has 0 amide bonds. The molecule has 2 rings (SSSR count). The molecule has 1 fully saturated rings. The predicted octanol–water partition coefficient (Wildman–Crippen LogP) is 4.37. The summed E-state index contributed by atoms with van der Waals surface area (Å²) in [6, 6.07) is 5.55.